The maximum absolute atomic E-state index is 11.3. The van der Waals surface area contributed by atoms with E-state index in [-0.39, 0.29) is 5.92 Å². The van der Waals surface area contributed by atoms with Crippen molar-refractivity contribution in [2.75, 3.05) is 37.6 Å². The Morgan fingerprint density at radius 2 is 1.67 bits per heavy atom. The molecule has 1 aliphatic rings. The third-order valence-electron chi connectivity index (χ3n) is 5.78. The second-order valence-electron chi connectivity index (χ2n) is 7.45. The SMILES string of the molecule is CCC(O)(c1ccc(Cl)cc1)C(C)CN1CCN(c2cccc(Cl)c2)CC1. The number of aliphatic hydroxyl groups is 1. The van der Waals surface area contributed by atoms with Crippen molar-refractivity contribution < 1.29 is 5.11 Å². The number of piperazine rings is 1. The number of nitrogens with zero attached hydrogens (tertiary/aromatic N) is 2. The molecule has 1 N–H and O–H groups in total. The fourth-order valence-corrected chi connectivity index (χ4v) is 4.29. The van der Waals surface area contributed by atoms with Crippen LogP contribution in [0.25, 0.3) is 0 Å². The van der Waals surface area contributed by atoms with Gasteiger partial charge in [-0.3, -0.25) is 4.90 Å². The van der Waals surface area contributed by atoms with Gasteiger partial charge in [-0.2, -0.15) is 0 Å². The Bertz CT molecular complexity index is 744. The summed E-state index contributed by atoms with van der Waals surface area (Å²) in [4.78, 5) is 4.82. The van der Waals surface area contributed by atoms with Crippen molar-refractivity contribution in [3.63, 3.8) is 0 Å². The normalized spacial score (nSPS) is 18.9. The molecule has 27 heavy (non-hydrogen) atoms. The average molecular weight is 407 g/mol. The summed E-state index contributed by atoms with van der Waals surface area (Å²) in [5.41, 5.74) is 1.29. The molecule has 1 aliphatic heterocycles. The van der Waals surface area contributed by atoms with E-state index in [1.165, 1.54) is 5.69 Å². The van der Waals surface area contributed by atoms with Gasteiger partial charge in [0.15, 0.2) is 0 Å². The lowest BCUT2D eigenvalue weighted by Crippen LogP contribution is -2.50. The summed E-state index contributed by atoms with van der Waals surface area (Å²) in [5.74, 6) is 0.126. The highest BCUT2D eigenvalue weighted by Crippen LogP contribution is 2.34. The number of rotatable bonds is 6. The third-order valence-corrected chi connectivity index (χ3v) is 6.26. The van der Waals surface area contributed by atoms with E-state index in [4.69, 9.17) is 23.2 Å². The van der Waals surface area contributed by atoms with Gasteiger partial charge >= 0.3 is 0 Å². The van der Waals surface area contributed by atoms with Gasteiger partial charge in [0, 0.05) is 54.4 Å². The van der Waals surface area contributed by atoms with Crippen molar-refractivity contribution in [2.24, 2.45) is 5.92 Å². The van der Waals surface area contributed by atoms with Gasteiger partial charge in [0.05, 0.1) is 5.60 Å². The Labute approximate surface area is 172 Å². The van der Waals surface area contributed by atoms with E-state index in [1.807, 2.05) is 49.4 Å². The molecular weight excluding hydrogens is 379 g/mol. The molecule has 146 valence electrons. The monoisotopic (exact) mass is 406 g/mol. The van der Waals surface area contributed by atoms with Gasteiger partial charge in [-0.05, 0) is 42.3 Å². The molecule has 0 spiro atoms. The van der Waals surface area contributed by atoms with Crippen LogP contribution in [0.4, 0.5) is 5.69 Å². The largest absolute Gasteiger partial charge is 0.385 e. The van der Waals surface area contributed by atoms with Gasteiger partial charge in [0.1, 0.15) is 0 Å². The number of halogens is 2. The molecule has 2 aromatic rings. The number of hydrogen-bond acceptors (Lipinski definition) is 3. The van der Waals surface area contributed by atoms with E-state index in [9.17, 15) is 5.11 Å². The third kappa shape index (κ3) is 4.78. The molecule has 5 heteroatoms. The van der Waals surface area contributed by atoms with Crippen LogP contribution < -0.4 is 4.90 Å². The summed E-state index contributed by atoms with van der Waals surface area (Å²) in [6, 6.07) is 15.6. The highest BCUT2D eigenvalue weighted by molar-refractivity contribution is 6.31. The maximum atomic E-state index is 11.3. The highest BCUT2D eigenvalue weighted by atomic mass is 35.5. The molecule has 3 rings (SSSR count). The fourth-order valence-electron chi connectivity index (χ4n) is 3.98. The Balaban J connectivity index is 1.61. The van der Waals surface area contributed by atoms with E-state index in [1.54, 1.807) is 0 Å². The predicted octanol–water partition coefficient (Wildman–Crippen LogP) is 5.05. The highest BCUT2D eigenvalue weighted by Gasteiger charge is 2.35. The second-order valence-corrected chi connectivity index (χ2v) is 8.33. The number of benzene rings is 2. The fraction of sp³-hybridized carbons (Fsp3) is 0.455. The molecule has 2 aromatic carbocycles. The van der Waals surface area contributed by atoms with Gasteiger partial charge in [-0.25, -0.2) is 0 Å². The zero-order valence-electron chi connectivity index (χ0n) is 16.0. The van der Waals surface area contributed by atoms with Gasteiger partial charge in [0.25, 0.3) is 0 Å². The van der Waals surface area contributed by atoms with E-state index in [0.717, 1.165) is 43.3 Å². The van der Waals surface area contributed by atoms with Gasteiger partial charge in [-0.1, -0.05) is 55.2 Å². The van der Waals surface area contributed by atoms with Crippen molar-refractivity contribution in [3.8, 4) is 0 Å². The molecule has 0 saturated carbocycles. The molecule has 2 unspecified atom stereocenters. The predicted molar refractivity (Wildman–Crippen MR) is 115 cm³/mol. The lowest BCUT2D eigenvalue weighted by atomic mass is 9.80. The maximum Gasteiger partial charge on any atom is 0.0931 e. The summed E-state index contributed by atoms with van der Waals surface area (Å²) in [7, 11) is 0. The lowest BCUT2D eigenvalue weighted by molar-refractivity contribution is -0.0339. The van der Waals surface area contributed by atoms with Crippen LogP contribution in [-0.4, -0.2) is 42.7 Å². The zero-order chi connectivity index (χ0) is 19.4. The van der Waals surface area contributed by atoms with Crippen molar-refractivity contribution in [1.29, 1.82) is 0 Å². The summed E-state index contributed by atoms with van der Waals surface area (Å²) in [5, 5.41) is 12.8. The van der Waals surface area contributed by atoms with E-state index in [0.29, 0.717) is 11.4 Å². The minimum Gasteiger partial charge on any atom is -0.385 e. The van der Waals surface area contributed by atoms with Crippen LogP contribution in [0.1, 0.15) is 25.8 Å². The Morgan fingerprint density at radius 3 is 2.26 bits per heavy atom. The average Bonchev–Trinajstić information content (AvgIpc) is 2.68. The van der Waals surface area contributed by atoms with Crippen molar-refractivity contribution in [2.45, 2.75) is 25.9 Å². The molecule has 0 aromatic heterocycles. The van der Waals surface area contributed by atoms with Crippen LogP contribution in [0.2, 0.25) is 10.0 Å². The minimum atomic E-state index is -0.839. The summed E-state index contributed by atoms with van der Waals surface area (Å²) >= 11 is 12.1. The topological polar surface area (TPSA) is 26.7 Å². The van der Waals surface area contributed by atoms with E-state index in [2.05, 4.69) is 22.8 Å². The second kappa shape index (κ2) is 8.83. The Hall–Kier alpha value is -1.26. The molecule has 0 radical (unpaired) electrons. The first-order valence-electron chi connectivity index (χ1n) is 9.63. The molecule has 2 atom stereocenters. The molecule has 0 aliphatic carbocycles. The van der Waals surface area contributed by atoms with Crippen LogP contribution in [-0.2, 0) is 5.60 Å². The molecule has 0 amide bonds. The first-order valence-corrected chi connectivity index (χ1v) is 10.4. The van der Waals surface area contributed by atoms with Crippen molar-refractivity contribution >= 4 is 28.9 Å². The smallest absolute Gasteiger partial charge is 0.0931 e. The van der Waals surface area contributed by atoms with Crippen molar-refractivity contribution in [3.05, 3.63) is 64.1 Å². The van der Waals surface area contributed by atoms with E-state index < -0.39 is 5.60 Å². The van der Waals surface area contributed by atoms with Crippen LogP contribution >= 0.6 is 23.2 Å². The van der Waals surface area contributed by atoms with Gasteiger partial charge < -0.3 is 10.0 Å². The minimum absolute atomic E-state index is 0.126. The first kappa shape index (κ1) is 20.5. The number of hydrogen-bond donors (Lipinski definition) is 1. The van der Waals surface area contributed by atoms with Crippen molar-refractivity contribution in [1.82, 2.24) is 4.90 Å². The van der Waals surface area contributed by atoms with E-state index >= 15 is 0 Å². The lowest BCUT2D eigenvalue weighted by Gasteiger charge is -2.41. The summed E-state index contributed by atoms with van der Waals surface area (Å²) < 4.78 is 0. The Kier molecular flexibility index (Phi) is 6.69. The zero-order valence-corrected chi connectivity index (χ0v) is 17.5. The van der Waals surface area contributed by atoms with Crippen LogP contribution in [0.15, 0.2) is 48.5 Å². The molecule has 1 saturated heterocycles. The Morgan fingerprint density at radius 1 is 1.00 bits per heavy atom. The molecule has 0 bridgehead atoms. The standard InChI is InChI=1S/C22H28Cl2N2O/c1-3-22(27,18-7-9-19(23)10-8-18)17(2)16-25-11-13-26(14-12-25)21-6-4-5-20(24)15-21/h4-10,15,17,27H,3,11-14,16H2,1-2H3. The first-order chi connectivity index (χ1) is 12.9. The molecule has 3 nitrogen and oxygen atoms in total. The van der Waals surface area contributed by atoms with Gasteiger partial charge in [0.2, 0.25) is 0 Å². The summed E-state index contributed by atoms with van der Waals surface area (Å²) in [6.07, 6.45) is 0.679. The van der Waals surface area contributed by atoms with Gasteiger partial charge in [-0.15, -0.1) is 0 Å². The molecular formula is C22H28Cl2N2O. The summed E-state index contributed by atoms with van der Waals surface area (Å²) in [6.45, 7) is 8.96. The van der Waals surface area contributed by atoms with Crippen LogP contribution in [0, 0.1) is 5.92 Å². The number of anilines is 1. The quantitative estimate of drug-likeness (QED) is 0.726. The van der Waals surface area contributed by atoms with Crippen LogP contribution in [0.3, 0.4) is 0 Å². The van der Waals surface area contributed by atoms with Crippen LogP contribution in [0.5, 0.6) is 0 Å². The molecule has 1 fully saturated rings. The molecule has 1 heterocycles.